The number of esters is 2. The van der Waals surface area contributed by atoms with Crippen LogP contribution in [0.3, 0.4) is 0 Å². The Morgan fingerprint density at radius 3 is 2.56 bits per heavy atom. The van der Waals surface area contributed by atoms with Crippen molar-refractivity contribution in [2.45, 2.75) is 13.0 Å². The third kappa shape index (κ3) is 5.20. The van der Waals surface area contributed by atoms with Gasteiger partial charge in [-0.15, -0.1) is 0 Å². The molecular weight excluding hydrogens is 348 g/mol. The Labute approximate surface area is 149 Å². The third-order valence-electron chi connectivity index (χ3n) is 3.26. The summed E-state index contributed by atoms with van der Waals surface area (Å²) in [5.41, 5.74) is 0.700. The van der Waals surface area contributed by atoms with Gasteiger partial charge in [0.25, 0.3) is 0 Å². The zero-order valence-electron chi connectivity index (χ0n) is 13.7. The Hall–Kier alpha value is -2.57. The lowest BCUT2D eigenvalue weighted by Gasteiger charge is -2.14. The zero-order valence-corrected chi connectivity index (χ0v) is 14.4. The Morgan fingerprint density at radius 1 is 1.16 bits per heavy atom. The number of ether oxygens (including phenoxy) is 3. The van der Waals surface area contributed by atoms with E-state index >= 15 is 0 Å². The predicted molar refractivity (Wildman–Crippen MR) is 91.0 cm³/mol. The van der Waals surface area contributed by atoms with Crippen LogP contribution >= 0.6 is 11.6 Å². The third-order valence-corrected chi connectivity index (χ3v) is 3.49. The van der Waals surface area contributed by atoms with Gasteiger partial charge in [0, 0.05) is 11.9 Å². The number of carbonyl (C=O) groups is 2. The fourth-order valence-corrected chi connectivity index (χ4v) is 2.28. The molecule has 0 saturated heterocycles. The van der Waals surface area contributed by atoms with E-state index in [-0.39, 0.29) is 17.9 Å². The van der Waals surface area contributed by atoms with Gasteiger partial charge in [0.2, 0.25) is 0 Å². The molecule has 0 aromatic heterocycles. The maximum atomic E-state index is 12.0. The van der Waals surface area contributed by atoms with E-state index in [9.17, 15) is 14.7 Å². The van der Waals surface area contributed by atoms with Crippen LogP contribution in [0.25, 0.3) is 0 Å². The SMILES string of the molecule is COc1ccc(C(O)COC(=O)c2cccc(Cl)c2)cc1OC(C)=O. The second-order valence-corrected chi connectivity index (χ2v) is 5.56. The van der Waals surface area contributed by atoms with E-state index in [2.05, 4.69) is 0 Å². The molecule has 0 radical (unpaired) electrons. The maximum Gasteiger partial charge on any atom is 0.338 e. The highest BCUT2D eigenvalue weighted by Gasteiger charge is 2.16. The number of aliphatic hydroxyl groups is 1. The van der Waals surface area contributed by atoms with E-state index in [1.165, 1.54) is 26.2 Å². The molecule has 1 N–H and O–H groups in total. The van der Waals surface area contributed by atoms with Crippen LogP contribution in [0.5, 0.6) is 11.5 Å². The molecule has 132 valence electrons. The number of benzene rings is 2. The minimum absolute atomic E-state index is 0.174. The van der Waals surface area contributed by atoms with Crippen molar-refractivity contribution in [2.24, 2.45) is 0 Å². The molecule has 1 atom stereocenters. The second kappa shape index (κ2) is 8.50. The Balaban J connectivity index is 2.06. The summed E-state index contributed by atoms with van der Waals surface area (Å²) in [4.78, 5) is 23.1. The number of hydrogen-bond donors (Lipinski definition) is 1. The van der Waals surface area contributed by atoms with Crippen LogP contribution in [0.4, 0.5) is 0 Å². The molecule has 0 aliphatic rings. The van der Waals surface area contributed by atoms with Gasteiger partial charge < -0.3 is 19.3 Å². The first kappa shape index (κ1) is 18.8. The number of rotatable bonds is 6. The monoisotopic (exact) mass is 364 g/mol. The normalized spacial score (nSPS) is 11.5. The lowest BCUT2D eigenvalue weighted by atomic mass is 10.1. The largest absolute Gasteiger partial charge is 0.493 e. The molecule has 2 aromatic rings. The van der Waals surface area contributed by atoms with E-state index in [1.54, 1.807) is 30.3 Å². The van der Waals surface area contributed by atoms with Crippen molar-refractivity contribution >= 4 is 23.5 Å². The quantitative estimate of drug-likeness (QED) is 0.626. The molecule has 0 spiro atoms. The molecule has 6 nitrogen and oxygen atoms in total. The van der Waals surface area contributed by atoms with Crippen molar-refractivity contribution in [1.29, 1.82) is 0 Å². The first-order valence-electron chi connectivity index (χ1n) is 7.38. The Bertz CT molecular complexity index is 774. The maximum absolute atomic E-state index is 12.0. The lowest BCUT2D eigenvalue weighted by Crippen LogP contribution is -2.13. The second-order valence-electron chi connectivity index (χ2n) is 5.13. The molecule has 0 heterocycles. The van der Waals surface area contributed by atoms with Crippen molar-refractivity contribution in [3.63, 3.8) is 0 Å². The van der Waals surface area contributed by atoms with Crippen LogP contribution in [-0.2, 0) is 9.53 Å². The van der Waals surface area contributed by atoms with Gasteiger partial charge in [0.1, 0.15) is 12.7 Å². The van der Waals surface area contributed by atoms with Gasteiger partial charge in [0.15, 0.2) is 11.5 Å². The zero-order chi connectivity index (χ0) is 18.4. The summed E-state index contributed by atoms with van der Waals surface area (Å²) in [6.45, 7) is 0.993. The summed E-state index contributed by atoms with van der Waals surface area (Å²) >= 11 is 5.82. The van der Waals surface area contributed by atoms with Crippen LogP contribution in [-0.4, -0.2) is 30.8 Å². The smallest absolute Gasteiger partial charge is 0.338 e. The average molecular weight is 365 g/mol. The summed E-state index contributed by atoms with van der Waals surface area (Å²) in [5.74, 6) is -0.595. The summed E-state index contributed by atoms with van der Waals surface area (Å²) in [6.07, 6.45) is -1.09. The van der Waals surface area contributed by atoms with E-state index in [0.717, 1.165) is 0 Å². The van der Waals surface area contributed by atoms with Crippen molar-refractivity contribution in [1.82, 2.24) is 0 Å². The fraction of sp³-hybridized carbons (Fsp3) is 0.222. The standard InChI is InChI=1S/C18H17ClO6/c1-11(20)25-17-9-12(6-7-16(17)23-2)15(21)10-24-18(22)13-4-3-5-14(19)8-13/h3-9,15,21H,10H2,1-2H3. The highest BCUT2D eigenvalue weighted by molar-refractivity contribution is 6.30. The molecule has 7 heteroatoms. The van der Waals surface area contributed by atoms with Gasteiger partial charge in [0.05, 0.1) is 12.7 Å². The number of aliphatic hydroxyl groups excluding tert-OH is 1. The molecular formula is C18H17ClO6. The predicted octanol–water partition coefficient (Wildman–Crippen LogP) is 3.16. The van der Waals surface area contributed by atoms with E-state index in [0.29, 0.717) is 16.3 Å². The fourth-order valence-electron chi connectivity index (χ4n) is 2.08. The van der Waals surface area contributed by atoms with Crippen LogP contribution in [0.2, 0.25) is 5.02 Å². The van der Waals surface area contributed by atoms with Crippen LogP contribution in [0.15, 0.2) is 42.5 Å². The van der Waals surface area contributed by atoms with Gasteiger partial charge in [-0.1, -0.05) is 23.7 Å². The summed E-state index contributed by atoms with van der Waals surface area (Å²) in [7, 11) is 1.44. The number of methoxy groups -OCH3 is 1. The molecule has 25 heavy (non-hydrogen) atoms. The number of carbonyl (C=O) groups excluding carboxylic acids is 2. The van der Waals surface area contributed by atoms with Gasteiger partial charge >= 0.3 is 11.9 Å². The Kier molecular flexibility index (Phi) is 6.38. The van der Waals surface area contributed by atoms with Gasteiger partial charge in [-0.2, -0.15) is 0 Å². The topological polar surface area (TPSA) is 82.1 Å². The minimum Gasteiger partial charge on any atom is -0.493 e. The van der Waals surface area contributed by atoms with Crippen molar-refractivity contribution < 1.29 is 28.9 Å². The molecule has 0 saturated carbocycles. The summed E-state index contributed by atoms with van der Waals surface area (Å²) in [5, 5.41) is 10.6. The molecule has 0 amide bonds. The van der Waals surface area contributed by atoms with Crippen molar-refractivity contribution in [3.05, 3.63) is 58.6 Å². The molecule has 2 rings (SSSR count). The molecule has 1 unspecified atom stereocenters. The molecule has 0 aliphatic carbocycles. The summed E-state index contributed by atoms with van der Waals surface area (Å²) < 4.78 is 15.2. The minimum atomic E-state index is -1.09. The number of hydrogen-bond acceptors (Lipinski definition) is 6. The Morgan fingerprint density at radius 2 is 1.92 bits per heavy atom. The van der Waals surface area contributed by atoms with E-state index < -0.39 is 18.0 Å². The van der Waals surface area contributed by atoms with Crippen molar-refractivity contribution in [3.8, 4) is 11.5 Å². The van der Waals surface area contributed by atoms with Crippen molar-refractivity contribution in [2.75, 3.05) is 13.7 Å². The molecule has 0 aliphatic heterocycles. The molecule has 2 aromatic carbocycles. The van der Waals surface area contributed by atoms with Crippen LogP contribution in [0, 0.1) is 0 Å². The summed E-state index contributed by atoms with van der Waals surface area (Å²) in [6, 6.07) is 10.9. The van der Waals surface area contributed by atoms with Crippen LogP contribution < -0.4 is 9.47 Å². The number of halogens is 1. The highest BCUT2D eigenvalue weighted by atomic mass is 35.5. The molecule has 0 bridgehead atoms. The van der Waals surface area contributed by atoms with Crippen LogP contribution in [0.1, 0.15) is 28.9 Å². The first-order valence-corrected chi connectivity index (χ1v) is 7.75. The van der Waals surface area contributed by atoms with Gasteiger partial charge in [-0.05, 0) is 35.9 Å². The van der Waals surface area contributed by atoms with Gasteiger partial charge in [-0.25, -0.2) is 4.79 Å². The highest BCUT2D eigenvalue weighted by Crippen LogP contribution is 2.30. The lowest BCUT2D eigenvalue weighted by molar-refractivity contribution is -0.132. The van der Waals surface area contributed by atoms with E-state index in [1.807, 2.05) is 0 Å². The molecule has 0 fully saturated rings. The van der Waals surface area contributed by atoms with Gasteiger partial charge in [-0.3, -0.25) is 4.79 Å². The first-order chi connectivity index (χ1) is 11.9. The van der Waals surface area contributed by atoms with E-state index in [4.69, 9.17) is 25.8 Å². The average Bonchev–Trinajstić information content (AvgIpc) is 2.58.